The molecule has 0 atom stereocenters. The van der Waals surface area contributed by atoms with E-state index in [4.69, 9.17) is 0 Å². The minimum atomic E-state index is -4.43. The van der Waals surface area contributed by atoms with Crippen molar-refractivity contribution < 1.29 is 13.2 Å². The van der Waals surface area contributed by atoms with Crippen LogP contribution < -0.4 is 4.90 Å². The molecule has 6 heteroatoms. The molecule has 4 rings (SSSR count). The van der Waals surface area contributed by atoms with Crippen LogP contribution in [0.1, 0.15) is 23.1 Å². The molecule has 0 amide bonds. The van der Waals surface area contributed by atoms with Gasteiger partial charge in [0.05, 0.1) is 11.1 Å². The zero-order chi connectivity index (χ0) is 22.4. The first-order chi connectivity index (χ1) is 15.5. The fourth-order valence-corrected chi connectivity index (χ4v) is 3.49. The standard InChI is InChI=1S/C26H20F3N3/c27-26(28,29)23-15-6-4-12-21(23)13-8-9-17-32(18-20-10-2-1-3-11-20)25-22-14-5-7-16-24(22)30-19-31-25/h1-7,10-12,14-16,19H,9,17-18H2. The van der Waals surface area contributed by atoms with Gasteiger partial charge < -0.3 is 4.90 Å². The molecule has 0 aliphatic rings. The van der Waals surface area contributed by atoms with Crippen molar-refractivity contribution in [2.24, 2.45) is 0 Å². The zero-order valence-corrected chi connectivity index (χ0v) is 17.2. The van der Waals surface area contributed by atoms with Gasteiger partial charge in [-0.05, 0) is 29.8 Å². The minimum Gasteiger partial charge on any atom is -0.351 e. The summed E-state index contributed by atoms with van der Waals surface area (Å²) in [5.74, 6) is 6.39. The van der Waals surface area contributed by atoms with Gasteiger partial charge in [-0.15, -0.1) is 0 Å². The van der Waals surface area contributed by atoms with Crippen LogP contribution in [0.15, 0.2) is 85.2 Å². The van der Waals surface area contributed by atoms with Crippen molar-refractivity contribution in [3.63, 3.8) is 0 Å². The van der Waals surface area contributed by atoms with E-state index in [1.165, 1.54) is 18.5 Å². The Labute approximate surface area is 184 Å². The summed E-state index contributed by atoms with van der Waals surface area (Å²) < 4.78 is 39.6. The van der Waals surface area contributed by atoms with E-state index in [2.05, 4.69) is 26.7 Å². The smallest absolute Gasteiger partial charge is 0.351 e. The lowest BCUT2D eigenvalue weighted by Gasteiger charge is -2.24. The molecular weight excluding hydrogens is 411 g/mol. The van der Waals surface area contributed by atoms with Crippen molar-refractivity contribution in [1.29, 1.82) is 0 Å². The molecule has 0 aliphatic carbocycles. The molecule has 32 heavy (non-hydrogen) atoms. The SMILES string of the molecule is FC(F)(F)c1ccccc1C#CCCN(Cc1ccccc1)c1ncnc2ccccc12. The fraction of sp³-hybridized carbons (Fsp3) is 0.154. The summed E-state index contributed by atoms with van der Waals surface area (Å²) in [6.45, 7) is 1.11. The second-order valence-corrected chi connectivity index (χ2v) is 7.22. The third-order valence-corrected chi connectivity index (χ3v) is 5.00. The second-order valence-electron chi connectivity index (χ2n) is 7.22. The molecule has 0 fully saturated rings. The highest BCUT2D eigenvalue weighted by atomic mass is 19.4. The molecule has 0 spiro atoms. The van der Waals surface area contributed by atoms with E-state index in [1.807, 2.05) is 54.6 Å². The van der Waals surface area contributed by atoms with Crippen molar-refractivity contribution in [2.75, 3.05) is 11.4 Å². The molecular formula is C26H20F3N3. The lowest BCUT2D eigenvalue weighted by Crippen LogP contribution is -2.25. The summed E-state index contributed by atoms with van der Waals surface area (Å²) >= 11 is 0. The molecule has 0 unspecified atom stereocenters. The number of nitrogens with zero attached hydrogens (tertiary/aromatic N) is 3. The van der Waals surface area contributed by atoms with Gasteiger partial charge in [-0.25, -0.2) is 9.97 Å². The van der Waals surface area contributed by atoms with Gasteiger partial charge >= 0.3 is 6.18 Å². The molecule has 160 valence electrons. The van der Waals surface area contributed by atoms with Crippen molar-refractivity contribution in [2.45, 2.75) is 19.1 Å². The summed E-state index contributed by atoms with van der Waals surface area (Å²) in [6, 6.07) is 23.1. The quantitative estimate of drug-likeness (QED) is 0.358. The Kier molecular flexibility index (Phi) is 6.37. The van der Waals surface area contributed by atoms with Crippen molar-refractivity contribution >= 4 is 16.7 Å². The average molecular weight is 431 g/mol. The third-order valence-electron chi connectivity index (χ3n) is 5.00. The van der Waals surface area contributed by atoms with Gasteiger partial charge in [0, 0.05) is 30.5 Å². The maximum absolute atomic E-state index is 13.2. The maximum Gasteiger partial charge on any atom is 0.417 e. The average Bonchev–Trinajstić information content (AvgIpc) is 2.81. The van der Waals surface area contributed by atoms with Crippen LogP contribution in [0.4, 0.5) is 19.0 Å². The fourth-order valence-electron chi connectivity index (χ4n) is 3.49. The number of anilines is 1. The Morgan fingerprint density at radius 3 is 2.34 bits per heavy atom. The Hall–Kier alpha value is -3.85. The molecule has 3 aromatic carbocycles. The van der Waals surface area contributed by atoms with Gasteiger partial charge in [0.15, 0.2) is 0 Å². The highest BCUT2D eigenvalue weighted by Crippen LogP contribution is 2.31. The van der Waals surface area contributed by atoms with E-state index in [9.17, 15) is 13.2 Å². The molecule has 0 saturated carbocycles. The normalized spacial score (nSPS) is 11.1. The van der Waals surface area contributed by atoms with Crippen LogP contribution >= 0.6 is 0 Å². The Morgan fingerprint density at radius 1 is 0.812 bits per heavy atom. The van der Waals surface area contributed by atoms with Crippen LogP contribution in [0, 0.1) is 11.8 Å². The van der Waals surface area contributed by atoms with E-state index in [0.29, 0.717) is 19.5 Å². The maximum atomic E-state index is 13.2. The predicted octanol–water partition coefficient (Wildman–Crippen LogP) is 6.10. The van der Waals surface area contributed by atoms with Gasteiger partial charge in [0.2, 0.25) is 0 Å². The number of hydrogen-bond donors (Lipinski definition) is 0. The predicted molar refractivity (Wildman–Crippen MR) is 120 cm³/mol. The third kappa shape index (κ3) is 5.06. The largest absolute Gasteiger partial charge is 0.417 e. The van der Waals surface area contributed by atoms with Crippen LogP contribution in [0.2, 0.25) is 0 Å². The van der Waals surface area contributed by atoms with Crippen LogP contribution in [0.25, 0.3) is 10.9 Å². The summed E-state index contributed by atoms with van der Waals surface area (Å²) in [4.78, 5) is 10.9. The Bertz CT molecular complexity index is 1250. The number of para-hydroxylation sites is 1. The summed E-state index contributed by atoms with van der Waals surface area (Å²) in [5, 5.41) is 0.918. The summed E-state index contributed by atoms with van der Waals surface area (Å²) in [5.41, 5.74) is 1.21. The van der Waals surface area contributed by atoms with Crippen molar-refractivity contribution in [3.05, 3.63) is 102 Å². The van der Waals surface area contributed by atoms with Gasteiger partial charge in [-0.2, -0.15) is 13.2 Å². The van der Waals surface area contributed by atoms with Gasteiger partial charge in [0.1, 0.15) is 12.1 Å². The molecule has 4 aromatic rings. The van der Waals surface area contributed by atoms with Crippen molar-refractivity contribution in [3.8, 4) is 11.8 Å². The Balaban J connectivity index is 1.60. The lowest BCUT2D eigenvalue weighted by molar-refractivity contribution is -0.137. The number of hydrogen-bond acceptors (Lipinski definition) is 3. The van der Waals surface area contributed by atoms with E-state index >= 15 is 0 Å². The Morgan fingerprint density at radius 2 is 1.53 bits per heavy atom. The van der Waals surface area contributed by atoms with E-state index in [1.54, 1.807) is 6.07 Å². The molecule has 0 bridgehead atoms. The topological polar surface area (TPSA) is 29.0 Å². The van der Waals surface area contributed by atoms with Crippen molar-refractivity contribution in [1.82, 2.24) is 9.97 Å². The first-order valence-corrected chi connectivity index (χ1v) is 10.2. The second kappa shape index (κ2) is 9.52. The number of aromatic nitrogens is 2. The minimum absolute atomic E-state index is 0.0119. The van der Waals surface area contributed by atoms with Gasteiger partial charge in [-0.3, -0.25) is 0 Å². The molecule has 3 nitrogen and oxygen atoms in total. The number of rotatable bonds is 5. The highest BCUT2D eigenvalue weighted by molar-refractivity contribution is 5.89. The number of alkyl halides is 3. The van der Waals surface area contributed by atoms with E-state index in [0.717, 1.165) is 28.4 Å². The molecule has 0 N–H and O–H groups in total. The lowest BCUT2D eigenvalue weighted by atomic mass is 10.1. The highest BCUT2D eigenvalue weighted by Gasteiger charge is 2.32. The molecule has 1 aromatic heterocycles. The number of fused-ring (bicyclic) bond motifs is 1. The summed E-state index contributed by atoms with van der Waals surface area (Å²) in [6.07, 6.45) is -2.51. The molecule has 0 saturated heterocycles. The van der Waals surface area contributed by atoms with Crippen LogP contribution in [-0.4, -0.2) is 16.5 Å². The van der Waals surface area contributed by atoms with Crippen LogP contribution in [0.3, 0.4) is 0 Å². The monoisotopic (exact) mass is 431 g/mol. The van der Waals surface area contributed by atoms with E-state index < -0.39 is 11.7 Å². The molecule has 0 radical (unpaired) electrons. The van der Waals surface area contributed by atoms with Crippen LogP contribution in [-0.2, 0) is 12.7 Å². The zero-order valence-electron chi connectivity index (χ0n) is 17.2. The summed E-state index contributed by atoms with van der Waals surface area (Å²) in [7, 11) is 0. The van der Waals surface area contributed by atoms with Crippen LogP contribution in [0.5, 0.6) is 0 Å². The molecule has 0 aliphatic heterocycles. The first kappa shape index (κ1) is 21.4. The first-order valence-electron chi connectivity index (χ1n) is 10.2. The number of benzene rings is 3. The van der Waals surface area contributed by atoms with E-state index in [-0.39, 0.29) is 5.56 Å². The molecule has 1 heterocycles. The van der Waals surface area contributed by atoms with Gasteiger partial charge in [-0.1, -0.05) is 66.4 Å². The van der Waals surface area contributed by atoms with Gasteiger partial charge in [0.25, 0.3) is 0 Å². The number of halogens is 3.